The molecular weight excluding hydrogens is 467 g/mol. The minimum absolute atomic E-state index is 0.0667. The maximum atomic E-state index is 13.3. The van der Waals surface area contributed by atoms with E-state index < -0.39 is 5.82 Å². The highest BCUT2D eigenvalue weighted by Gasteiger charge is 2.18. The van der Waals surface area contributed by atoms with E-state index in [1.54, 1.807) is 12.0 Å². The number of benzene rings is 3. The van der Waals surface area contributed by atoms with E-state index in [0.29, 0.717) is 22.2 Å². The summed E-state index contributed by atoms with van der Waals surface area (Å²) in [6.07, 6.45) is 0.0667. The van der Waals surface area contributed by atoms with Gasteiger partial charge < -0.3 is 15.0 Å². The number of anilines is 1. The number of nitrogens with one attached hydrogen (secondary N) is 1. The van der Waals surface area contributed by atoms with Crippen LogP contribution in [0.5, 0.6) is 5.75 Å². The summed E-state index contributed by atoms with van der Waals surface area (Å²) in [6, 6.07) is 22.3. The Labute approximate surface area is 206 Å². The fraction of sp³-hybridized carbons (Fsp3) is 0.154. The van der Waals surface area contributed by atoms with Crippen LogP contribution in [-0.2, 0) is 11.3 Å². The van der Waals surface area contributed by atoms with Crippen molar-refractivity contribution in [2.45, 2.75) is 13.0 Å². The molecule has 0 saturated heterocycles. The molecule has 0 saturated carbocycles. The second-order valence-electron chi connectivity index (χ2n) is 7.66. The van der Waals surface area contributed by atoms with Crippen LogP contribution < -0.4 is 10.1 Å². The third-order valence-corrected chi connectivity index (χ3v) is 6.10. The lowest BCUT2D eigenvalue weighted by molar-refractivity contribution is -0.116. The first-order valence-corrected chi connectivity index (χ1v) is 11.7. The molecule has 0 spiro atoms. The fourth-order valence-corrected chi connectivity index (χ4v) is 4.14. The molecule has 4 aromatic rings. The summed E-state index contributed by atoms with van der Waals surface area (Å²) in [4.78, 5) is 27.3. The predicted octanol–water partition coefficient (Wildman–Crippen LogP) is 5.02. The Morgan fingerprint density at radius 3 is 2.37 bits per heavy atom. The summed E-state index contributed by atoms with van der Waals surface area (Å²) in [5.74, 6) is -0.240. The third kappa shape index (κ3) is 6.48. The average molecular weight is 491 g/mol. The van der Waals surface area contributed by atoms with Gasteiger partial charge >= 0.3 is 0 Å². The average Bonchev–Trinajstić information content (AvgIpc) is 3.35. The van der Waals surface area contributed by atoms with Gasteiger partial charge in [0.2, 0.25) is 11.0 Å². The van der Waals surface area contributed by atoms with E-state index in [-0.39, 0.29) is 24.8 Å². The predicted molar refractivity (Wildman–Crippen MR) is 133 cm³/mol. The number of halogens is 1. The van der Waals surface area contributed by atoms with Gasteiger partial charge in [-0.15, -0.1) is 10.2 Å². The monoisotopic (exact) mass is 490 g/mol. The largest absolute Gasteiger partial charge is 0.497 e. The number of aromatic nitrogens is 2. The van der Waals surface area contributed by atoms with Crippen molar-refractivity contribution >= 4 is 28.3 Å². The fourth-order valence-electron chi connectivity index (χ4n) is 3.37. The highest BCUT2D eigenvalue weighted by Crippen LogP contribution is 2.27. The first-order valence-electron chi connectivity index (χ1n) is 10.9. The molecular formula is C26H23FN4O3S. The Morgan fingerprint density at radius 2 is 1.69 bits per heavy atom. The molecule has 0 fully saturated rings. The molecule has 35 heavy (non-hydrogen) atoms. The lowest BCUT2D eigenvalue weighted by Crippen LogP contribution is -2.33. The van der Waals surface area contributed by atoms with Gasteiger partial charge in [0.05, 0.1) is 7.11 Å². The zero-order valence-corrected chi connectivity index (χ0v) is 19.8. The Morgan fingerprint density at radius 1 is 0.971 bits per heavy atom. The Kier molecular flexibility index (Phi) is 7.79. The van der Waals surface area contributed by atoms with Crippen LogP contribution >= 0.6 is 11.3 Å². The van der Waals surface area contributed by atoms with Gasteiger partial charge in [-0.3, -0.25) is 9.59 Å². The summed E-state index contributed by atoms with van der Waals surface area (Å²) >= 11 is 1.26. The van der Waals surface area contributed by atoms with Gasteiger partial charge in [0.25, 0.3) is 5.91 Å². The van der Waals surface area contributed by atoms with E-state index >= 15 is 0 Å². The first kappa shape index (κ1) is 24.0. The van der Waals surface area contributed by atoms with E-state index in [1.807, 2.05) is 54.6 Å². The molecule has 1 heterocycles. The molecule has 3 aromatic carbocycles. The minimum Gasteiger partial charge on any atom is -0.497 e. The number of ether oxygens (including phenoxy) is 1. The number of carbonyl (C=O) groups excluding carboxylic acids is 2. The number of amides is 2. The smallest absolute Gasteiger partial charge is 0.254 e. The molecule has 0 bridgehead atoms. The van der Waals surface area contributed by atoms with Gasteiger partial charge in [0.1, 0.15) is 16.6 Å². The van der Waals surface area contributed by atoms with Crippen LogP contribution in [0.3, 0.4) is 0 Å². The molecule has 9 heteroatoms. The highest BCUT2D eigenvalue weighted by atomic mass is 32.1. The standard InChI is InChI=1S/C26H23FN4O3S/c1-34-22-13-9-19(10-14-22)24-29-30-26(35-24)28-23(32)15-16-31(17-18-5-3-2-4-6-18)25(33)20-7-11-21(27)12-8-20/h2-14H,15-17H2,1H3,(H,28,30,32). The number of hydrogen-bond acceptors (Lipinski definition) is 6. The van der Waals surface area contributed by atoms with Gasteiger partial charge in [-0.05, 0) is 54.1 Å². The lowest BCUT2D eigenvalue weighted by atomic mass is 10.1. The number of hydrogen-bond donors (Lipinski definition) is 1. The van der Waals surface area contributed by atoms with E-state index in [0.717, 1.165) is 16.9 Å². The van der Waals surface area contributed by atoms with Crippen molar-refractivity contribution in [1.82, 2.24) is 15.1 Å². The van der Waals surface area contributed by atoms with Crippen molar-refractivity contribution in [2.75, 3.05) is 19.0 Å². The number of methoxy groups -OCH3 is 1. The summed E-state index contributed by atoms with van der Waals surface area (Å²) in [7, 11) is 1.60. The van der Waals surface area contributed by atoms with Crippen molar-refractivity contribution < 1.29 is 18.7 Å². The van der Waals surface area contributed by atoms with Gasteiger partial charge in [-0.25, -0.2) is 4.39 Å². The molecule has 0 radical (unpaired) electrons. The maximum absolute atomic E-state index is 13.3. The van der Waals surface area contributed by atoms with Gasteiger partial charge in [0.15, 0.2) is 0 Å². The molecule has 0 atom stereocenters. The van der Waals surface area contributed by atoms with Crippen molar-refractivity contribution in [3.63, 3.8) is 0 Å². The van der Waals surface area contributed by atoms with Crippen LogP contribution in [0.2, 0.25) is 0 Å². The summed E-state index contributed by atoms with van der Waals surface area (Å²) in [6.45, 7) is 0.506. The van der Waals surface area contributed by atoms with Gasteiger partial charge in [0, 0.05) is 30.6 Å². The minimum atomic E-state index is -0.415. The highest BCUT2D eigenvalue weighted by molar-refractivity contribution is 7.18. The molecule has 0 aliphatic heterocycles. The van der Waals surface area contributed by atoms with Crippen LogP contribution in [0, 0.1) is 5.82 Å². The second kappa shape index (κ2) is 11.3. The van der Waals surface area contributed by atoms with E-state index in [4.69, 9.17) is 4.74 Å². The summed E-state index contributed by atoms with van der Waals surface area (Å²) in [5.41, 5.74) is 2.15. The van der Waals surface area contributed by atoms with Gasteiger partial charge in [-0.1, -0.05) is 41.7 Å². The molecule has 2 amide bonds. The van der Waals surface area contributed by atoms with E-state index in [9.17, 15) is 14.0 Å². The van der Waals surface area contributed by atoms with Crippen LogP contribution in [0.15, 0.2) is 78.9 Å². The van der Waals surface area contributed by atoms with Crippen molar-refractivity contribution in [1.29, 1.82) is 0 Å². The number of nitrogens with zero attached hydrogens (tertiary/aromatic N) is 3. The molecule has 1 aromatic heterocycles. The van der Waals surface area contributed by atoms with E-state index in [1.165, 1.54) is 35.6 Å². The molecule has 0 aliphatic carbocycles. The molecule has 0 aliphatic rings. The second-order valence-corrected chi connectivity index (χ2v) is 8.64. The Balaban J connectivity index is 1.40. The Bertz CT molecular complexity index is 1280. The molecule has 0 unspecified atom stereocenters. The topological polar surface area (TPSA) is 84.4 Å². The van der Waals surface area contributed by atoms with Crippen molar-refractivity contribution in [2.24, 2.45) is 0 Å². The van der Waals surface area contributed by atoms with Crippen LogP contribution in [0.25, 0.3) is 10.6 Å². The number of rotatable bonds is 9. The Hall–Kier alpha value is -4.11. The molecule has 178 valence electrons. The molecule has 1 N–H and O–H groups in total. The third-order valence-electron chi connectivity index (χ3n) is 5.21. The normalized spacial score (nSPS) is 10.6. The van der Waals surface area contributed by atoms with Crippen LogP contribution in [-0.4, -0.2) is 40.6 Å². The quantitative estimate of drug-likeness (QED) is 0.356. The van der Waals surface area contributed by atoms with Crippen LogP contribution in [0.4, 0.5) is 9.52 Å². The van der Waals surface area contributed by atoms with Gasteiger partial charge in [-0.2, -0.15) is 0 Å². The zero-order chi connectivity index (χ0) is 24.6. The van der Waals surface area contributed by atoms with Crippen molar-refractivity contribution in [3.05, 3.63) is 95.8 Å². The number of carbonyl (C=O) groups is 2. The zero-order valence-electron chi connectivity index (χ0n) is 19.0. The summed E-state index contributed by atoms with van der Waals surface area (Å²) in [5, 5.41) is 12.0. The van der Waals surface area contributed by atoms with Crippen LogP contribution in [0.1, 0.15) is 22.3 Å². The first-order chi connectivity index (χ1) is 17.0. The van der Waals surface area contributed by atoms with E-state index in [2.05, 4.69) is 15.5 Å². The van der Waals surface area contributed by atoms with Crippen molar-refractivity contribution in [3.8, 4) is 16.3 Å². The molecule has 4 rings (SSSR count). The molecule has 7 nitrogen and oxygen atoms in total. The summed E-state index contributed by atoms with van der Waals surface area (Å²) < 4.78 is 18.5. The lowest BCUT2D eigenvalue weighted by Gasteiger charge is -2.23. The SMILES string of the molecule is COc1ccc(-c2nnc(NC(=O)CCN(Cc3ccccc3)C(=O)c3ccc(F)cc3)s2)cc1. The maximum Gasteiger partial charge on any atom is 0.254 e.